The van der Waals surface area contributed by atoms with Crippen LogP contribution in [0.4, 0.5) is 0 Å². The summed E-state index contributed by atoms with van der Waals surface area (Å²) in [5.74, 6) is 1.28. The molecule has 1 aliphatic rings. The van der Waals surface area contributed by atoms with Gasteiger partial charge in [0.1, 0.15) is 5.54 Å². The molecule has 1 saturated carbocycles. The number of nitriles is 1. The van der Waals surface area contributed by atoms with Crippen molar-refractivity contribution in [2.24, 2.45) is 5.92 Å². The molecule has 0 aromatic rings. The quantitative estimate of drug-likeness (QED) is 0.714. The van der Waals surface area contributed by atoms with Crippen molar-refractivity contribution in [2.75, 3.05) is 12.3 Å². The lowest BCUT2D eigenvalue weighted by Gasteiger charge is -2.29. The minimum Gasteiger partial charge on any atom is -0.392 e. The first kappa shape index (κ1) is 13.8. The molecule has 0 amide bonds. The van der Waals surface area contributed by atoms with Gasteiger partial charge in [0, 0.05) is 11.0 Å². The smallest absolute Gasteiger partial charge is 0.118 e. The van der Waals surface area contributed by atoms with Crippen molar-refractivity contribution in [1.29, 1.82) is 5.26 Å². The van der Waals surface area contributed by atoms with Gasteiger partial charge in [-0.2, -0.15) is 17.0 Å². The molecule has 3 unspecified atom stereocenters. The van der Waals surface area contributed by atoms with E-state index in [0.717, 1.165) is 25.1 Å². The first-order chi connectivity index (χ1) is 7.55. The van der Waals surface area contributed by atoms with Gasteiger partial charge in [-0.3, -0.25) is 5.32 Å². The molecule has 0 heterocycles. The van der Waals surface area contributed by atoms with Crippen molar-refractivity contribution in [3.05, 3.63) is 0 Å². The summed E-state index contributed by atoms with van der Waals surface area (Å²) in [6, 6.07) is 2.46. The summed E-state index contributed by atoms with van der Waals surface area (Å²) in [6.45, 7) is 6.68. The molecule has 1 rings (SSSR count). The Morgan fingerprint density at radius 1 is 1.56 bits per heavy atom. The van der Waals surface area contributed by atoms with Gasteiger partial charge in [0.2, 0.25) is 0 Å². The number of rotatable bonds is 7. The average Bonchev–Trinajstić information content (AvgIpc) is 3.07. The summed E-state index contributed by atoms with van der Waals surface area (Å²) in [5, 5.41) is 22.4. The van der Waals surface area contributed by atoms with Gasteiger partial charge in [-0.1, -0.05) is 13.8 Å². The van der Waals surface area contributed by atoms with E-state index >= 15 is 0 Å². The van der Waals surface area contributed by atoms with Crippen molar-refractivity contribution in [1.82, 2.24) is 5.32 Å². The van der Waals surface area contributed by atoms with Crippen LogP contribution in [-0.4, -0.2) is 34.3 Å². The fraction of sp³-hybridized carbons (Fsp3) is 0.917. The van der Waals surface area contributed by atoms with Gasteiger partial charge in [-0.25, -0.2) is 0 Å². The van der Waals surface area contributed by atoms with E-state index in [0.29, 0.717) is 5.92 Å². The third-order valence-corrected chi connectivity index (χ3v) is 4.76. The van der Waals surface area contributed by atoms with Crippen LogP contribution in [0.1, 0.15) is 33.6 Å². The van der Waals surface area contributed by atoms with Gasteiger partial charge in [-0.05, 0) is 32.2 Å². The Kier molecular flexibility index (Phi) is 5.10. The zero-order valence-corrected chi connectivity index (χ0v) is 11.2. The van der Waals surface area contributed by atoms with Gasteiger partial charge in [0.25, 0.3) is 0 Å². The van der Waals surface area contributed by atoms with Crippen LogP contribution >= 0.6 is 11.8 Å². The maximum absolute atomic E-state index is 9.45. The van der Waals surface area contributed by atoms with E-state index in [1.807, 2.05) is 13.8 Å². The van der Waals surface area contributed by atoms with Crippen LogP contribution in [0, 0.1) is 17.2 Å². The van der Waals surface area contributed by atoms with Crippen LogP contribution in [0.25, 0.3) is 0 Å². The molecule has 0 aromatic heterocycles. The summed E-state index contributed by atoms with van der Waals surface area (Å²) in [7, 11) is 0. The summed E-state index contributed by atoms with van der Waals surface area (Å²) >= 11 is 1.69. The van der Waals surface area contributed by atoms with Crippen molar-refractivity contribution in [3.8, 4) is 6.07 Å². The number of hydrogen-bond acceptors (Lipinski definition) is 4. The molecule has 16 heavy (non-hydrogen) atoms. The largest absolute Gasteiger partial charge is 0.392 e. The highest BCUT2D eigenvalue weighted by molar-refractivity contribution is 8.00. The zero-order chi connectivity index (χ0) is 12.2. The minimum absolute atomic E-state index is 0.185. The Balaban J connectivity index is 2.54. The maximum Gasteiger partial charge on any atom is 0.118 e. The van der Waals surface area contributed by atoms with E-state index in [1.165, 1.54) is 0 Å². The Morgan fingerprint density at radius 2 is 2.19 bits per heavy atom. The van der Waals surface area contributed by atoms with E-state index < -0.39 is 0 Å². The molecular weight excluding hydrogens is 220 g/mol. The van der Waals surface area contributed by atoms with Crippen LogP contribution in [-0.2, 0) is 0 Å². The molecule has 4 heteroatoms. The van der Waals surface area contributed by atoms with Crippen LogP contribution in [0.5, 0.6) is 0 Å². The number of nitrogens with zero attached hydrogens (tertiary/aromatic N) is 1. The number of thioether (sulfide) groups is 1. The third-order valence-electron chi connectivity index (χ3n) is 3.22. The second-order valence-corrected chi connectivity index (χ2v) is 6.01. The first-order valence-corrected chi connectivity index (χ1v) is 7.06. The Labute approximate surface area is 103 Å². The monoisotopic (exact) mass is 242 g/mol. The second-order valence-electron chi connectivity index (χ2n) is 4.64. The summed E-state index contributed by atoms with van der Waals surface area (Å²) < 4.78 is 0. The van der Waals surface area contributed by atoms with Crippen LogP contribution in [0.3, 0.4) is 0 Å². The number of hydrogen-bond donors (Lipinski definition) is 2. The van der Waals surface area contributed by atoms with Crippen LogP contribution < -0.4 is 5.32 Å². The fourth-order valence-electron chi connectivity index (χ4n) is 1.77. The standard InChI is InChI=1S/C12H22N2OS/c1-4-14-12(7-13,11-5-6-11)8-16-10(3)9(2)15/h9-11,14-15H,4-6,8H2,1-3H3. The third kappa shape index (κ3) is 3.38. The van der Waals surface area contributed by atoms with Crippen molar-refractivity contribution >= 4 is 11.8 Å². The van der Waals surface area contributed by atoms with Gasteiger partial charge >= 0.3 is 0 Å². The molecule has 3 atom stereocenters. The molecule has 0 aromatic carbocycles. The normalized spacial score (nSPS) is 23.2. The highest BCUT2D eigenvalue weighted by atomic mass is 32.2. The van der Waals surface area contributed by atoms with Crippen molar-refractivity contribution < 1.29 is 5.11 Å². The van der Waals surface area contributed by atoms with E-state index in [4.69, 9.17) is 0 Å². The van der Waals surface area contributed by atoms with E-state index in [1.54, 1.807) is 18.7 Å². The molecule has 0 radical (unpaired) electrons. The number of aliphatic hydroxyl groups is 1. The van der Waals surface area contributed by atoms with Crippen molar-refractivity contribution in [2.45, 2.75) is 50.5 Å². The molecule has 0 aliphatic heterocycles. The molecule has 1 aliphatic carbocycles. The molecule has 0 spiro atoms. The molecule has 0 bridgehead atoms. The van der Waals surface area contributed by atoms with Crippen LogP contribution in [0.15, 0.2) is 0 Å². The highest BCUT2D eigenvalue weighted by Gasteiger charge is 2.45. The fourth-order valence-corrected chi connectivity index (χ4v) is 2.98. The second kappa shape index (κ2) is 5.90. The Bertz CT molecular complexity index is 260. The van der Waals surface area contributed by atoms with Crippen molar-refractivity contribution in [3.63, 3.8) is 0 Å². The molecule has 3 nitrogen and oxygen atoms in total. The zero-order valence-electron chi connectivity index (χ0n) is 10.4. The lowest BCUT2D eigenvalue weighted by atomic mass is 9.98. The Morgan fingerprint density at radius 3 is 2.56 bits per heavy atom. The van der Waals surface area contributed by atoms with Crippen LogP contribution in [0.2, 0.25) is 0 Å². The first-order valence-electron chi connectivity index (χ1n) is 6.01. The van der Waals surface area contributed by atoms with E-state index in [2.05, 4.69) is 11.4 Å². The van der Waals surface area contributed by atoms with Gasteiger partial charge in [0.15, 0.2) is 0 Å². The molecule has 0 saturated heterocycles. The number of aliphatic hydroxyl groups excluding tert-OH is 1. The molecule has 92 valence electrons. The average molecular weight is 242 g/mol. The minimum atomic E-state index is -0.372. The molecular formula is C12H22N2OS. The van der Waals surface area contributed by atoms with Gasteiger partial charge in [-0.15, -0.1) is 0 Å². The lowest BCUT2D eigenvalue weighted by molar-refractivity contribution is 0.196. The highest BCUT2D eigenvalue weighted by Crippen LogP contribution is 2.41. The summed E-state index contributed by atoms with van der Waals surface area (Å²) in [5.41, 5.74) is -0.372. The summed E-state index contributed by atoms with van der Waals surface area (Å²) in [4.78, 5) is 0. The maximum atomic E-state index is 9.45. The van der Waals surface area contributed by atoms with E-state index in [-0.39, 0.29) is 16.9 Å². The predicted octanol–water partition coefficient (Wildman–Crippen LogP) is 1.77. The topological polar surface area (TPSA) is 56.0 Å². The lowest BCUT2D eigenvalue weighted by Crippen LogP contribution is -2.49. The predicted molar refractivity (Wildman–Crippen MR) is 68.3 cm³/mol. The van der Waals surface area contributed by atoms with Gasteiger partial charge in [0.05, 0.1) is 12.2 Å². The Hall–Kier alpha value is -0.240. The SMILES string of the molecule is CCNC(C#N)(CSC(C)C(C)O)C1CC1. The van der Waals surface area contributed by atoms with Gasteiger partial charge < -0.3 is 5.11 Å². The molecule has 1 fully saturated rings. The van der Waals surface area contributed by atoms with E-state index in [9.17, 15) is 10.4 Å². The number of nitrogens with one attached hydrogen (secondary N) is 1. The summed E-state index contributed by atoms with van der Waals surface area (Å²) in [6.07, 6.45) is 2.00. The molecule has 2 N–H and O–H groups in total.